The molecule has 2 unspecified atom stereocenters. The fourth-order valence-corrected chi connectivity index (χ4v) is 6.78. The average Bonchev–Trinajstić information content (AvgIpc) is 3.07. The molecule has 3 N–H and O–H groups in total. The Kier molecular flexibility index (Phi) is 7.89. The van der Waals surface area contributed by atoms with Crippen molar-refractivity contribution in [1.82, 2.24) is 0 Å². The number of rotatable bonds is 7. The van der Waals surface area contributed by atoms with Crippen molar-refractivity contribution >= 4 is 0 Å². The van der Waals surface area contributed by atoms with Gasteiger partial charge in [0.1, 0.15) is 6.10 Å². The molecule has 3 saturated carbocycles. The first kappa shape index (κ1) is 24.7. The summed E-state index contributed by atoms with van der Waals surface area (Å²) >= 11 is 0. The minimum absolute atomic E-state index is 0.0464. The van der Waals surface area contributed by atoms with Gasteiger partial charge in [-0.1, -0.05) is 71.3 Å². The van der Waals surface area contributed by atoms with Crippen LogP contribution in [0.15, 0.2) is 35.5 Å². The third-order valence-electron chi connectivity index (χ3n) is 8.68. The van der Waals surface area contributed by atoms with E-state index in [2.05, 4.69) is 45.2 Å². The topological polar surface area (TPSA) is 69.9 Å². The van der Waals surface area contributed by atoms with Gasteiger partial charge in [-0.05, 0) is 72.3 Å². The molecule has 0 radical (unpaired) electrons. The molecule has 0 aliphatic heterocycles. The monoisotopic (exact) mass is 432 g/mol. The lowest BCUT2D eigenvalue weighted by Gasteiger charge is -2.44. The van der Waals surface area contributed by atoms with Crippen LogP contribution in [0, 0.1) is 29.1 Å². The van der Waals surface area contributed by atoms with Gasteiger partial charge >= 0.3 is 0 Å². The van der Waals surface area contributed by atoms with Crippen molar-refractivity contribution in [3.63, 3.8) is 0 Å². The van der Waals surface area contributed by atoms with E-state index in [1.54, 1.807) is 0 Å². The van der Waals surface area contributed by atoms with Crippen LogP contribution in [-0.4, -0.2) is 27.4 Å². The molecule has 3 aliphatic rings. The number of aliphatic hydroxyl groups is 2. The summed E-state index contributed by atoms with van der Waals surface area (Å²) in [5, 5.41) is 29.5. The minimum Gasteiger partial charge on any atom is -0.387 e. The quantitative estimate of drug-likeness (QED) is 0.247. The van der Waals surface area contributed by atoms with Crippen molar-refractivity contribution in [3.05, 3.63) is 35.5 Å². The second-order valence-corrected chi connectivity index (χ2v) is 11.3. The molecule has 0 heterocycles. The van der Waals surface area contributed by atoms with Gasteiger partial charge in [-0.25, -0.2) is 10.1 Å². The highest BCUT2D eigenvalue weighted by atomic mass is 17.1. The summed E-state index contributed by atoms with van der Waals surface area (Å²) in [6.45, 7) is 13.7. The van der Waals surface area contributed by atoms with Gasteiger partial charge in [-0.3, -0.25) is 0 Å². The third-order valence-corrected chi connectivity index (χ3v) is 8.68. The fraction of sp³-hybridized carbons (Fsp3) is 0.778. The Morgan fingerprint density at radius 3 is 2.61 bits per heavy atom. The highest BCUT2D eigenvalue weighted by Crippen LogP contribution is 2.60. The SMILES string of the molecule is C=C1CC(O)[C@](O)(OO)CC1=CC=C1CCC[C@@]2(C)C1CC[C@@H]2[C@H](C)CCCC(C)C. The van der Waals surface area contributed by atoms with Gasteiger partial charge in [-0.2, -0.15) is 0 Å². The lowest BCUT2D eigenvalue weighted by Crippen LogP contribution is -2.47. The van der Waals surface area contributed by atoms with Gasteiger partial charge in [0.05, 0.1) is 0 Å². The Balaban J connectivity index is 1.73. The molecule has 0 amide bonds. The van der Waals surface area contributed by atoms with Gasteiger partial charge in [0, 0.05) is 12.8 Å². The molecule has 0 aromatic carbocycles. The van der Waals surface area contributed by atoms with Crippen LogP contribution >= 0.6 is 0 Å². The standard InChI is InChI=1S/C27H44O4/c1-18(2)8-6-9-19(3)23-13-14-24-21(10-7-15-26(23,24)5)11-12-22-17-27(29,31-30)25(28)16-20(22)4/h11-12,18-19,23-25,28-30H,4,6-10,13-17H2,1-3,5H3/t19-,23-,24?,25?,26-,27-/m1/s1. The van der Waals surface area contributed by atoms with E-state index in [1.165, 1.54) is 50.5 Å². The maximum Gasteiger partial charge on any atom is 0.229 e. The highest BCUT2D eigenvalue weighted by molar-refractivity contribution is 5.38. The van der Waals surface area contributed by atoms with Crippen molar-refractivity contribution in [2.45, 2.75) is 104 Å². The summed E-state index contributed by atoms with van der Waals surface area (Å²) in [6.07, 6.45) is 13.7. The normalized spacial score (nSPS) is 40.0. The van der Waals surface area contributed by atoms with Gasteiger partial charge in [-0.15, -0.1) is 0 Å². The van der Waals surface area contributed by atoms with Crippen LogP contribution in [0.4, 0.5) is 0 Å². The van der Waals surface area contributed by atoms with Crippen LogP contribution in [0.2, 0.25) is 0 Å². The Hall–Kier alpha value is -0.940. The zero-order valence-electron chi connectivity index (χ0n) is 20.1. The van der Waals surface area contributed by atoms with E-state index in [0.717, 1.165) is 35.3 Å². The number of allylic oxidation sites excluding steroid dienone is 3. The predicted octanol–water partition coefficient (Wildman–Crippen LogP) is 6.41. The van der Waals surface area contributed by atoms with Crippen molar-refractivity contribution in [2.24, 2.45) is 29.1 Å². The second-order valence-electron chi connectivity index (χ2n) is 11.3. The maximum atomic E-state index is 10.3. The lowest BCUT2D eigenvalue weighted by atomic mass is 9.60. The molecule has 0 saturated heterocycles. The van der Waals surface area contributed by atoms with Gasteiger partial charge in [0.25, 0.3) is 0 Å². The summed E-state index contributed by atoms with van der Waals surface area (Å²) in [4.78, 5) is 4.24. The third kappa shape index (κ3) is 5.19. The van der Waals surface area contributed by atoms with Crippen molar-refractivity contribution in [1.29, 1.82) is 0 Å². The molecule has 0 aromatic heterocycles. The lowest BCUT2D eigenvalue weighted by molar-refractivity contribution is -0.415. The molecule has 0 aromatic rings. The molecule has 3 aliphatic carbocycles. The molecular formula is C27H44O4. The molecule has 4 nitrogen and oxygen atoms in total. The molecule has 3 rings (SSSR count). The Morgan fingerprint density at radius 2 is 1.94 bits per heavy atom. The first-order valence-electron chi connectivity index (χ1n) is 12.4. The van der Waals surface area contributed by atoms with Crippen LogP contribution in [0.25, 0.3) is 0 Å². The summed E-state index contributed by atoms with van der Waals surface area (Å²) in [5.74, 6) is 1.06. The second kappa shape index (κ2) is 9.91. The predicted molar refractivity (Wildman–Crippen MR) is 125 cm³/mol. The van der Waals surface area contributed by atoms with Crippen molar-refractivity contribution in [3.8, 4) is 0 Å². The van der Waals surface area contributed by atoms with Crippen LogP contribution in [0.3, 0.4) is 0 Å². The van der Waals surface area contributed by atoms with Crippen molar-refractivity contribution in [2.75, 3.05) is 0 Å². The van der Waals surface area contributed by atoms with E-state index in [4.69, 9.17) is 5.26 Å². The molecule has 0 spiro atoms. The molecule has 176 valence electrons. The van der Waals surface area contributed by atoms with Crippen LogP contribution in [0.5, 0.6) is 0 Å². The van der Waals surface area contributed by atoms with Crippen LogP contribution < -0.4 is 0 Å². The number of fused-ring (bicyclic) bond motifs is 1. The maximum absolute atomic E-state index is 10.3. The summed E-state index contributed by atoms with van der Waals surface area (Å²) in [6, 6.07) is 0. The summed E-state index contributed by atoms with van der Waals surface area (Å²) in [7, 11) is 0. The first-order chi connectivity index (χ1) is 14.6. The van der Waals surface area contributed by atoms with Crippen LogP contribution in [-0.2, 0) is 4.89 Å². The van der Waals surface area contributed by atoms with Gasteiger partial charge < -0.3 is 10.2 Å². The van der Waals surface area contributed by atoms with E-state index >= 15 is 0 Å². The molecule has 31 heavy (non-hydrogen) atoms. The van der Waals surface area contributed by atoms with E-state index in [0.29, 0.717) is 11.3 Å². The molecule has 6 atom stereocenters. The molecule has 4 heteroatoms. The number of hydrogen-bond acceptors (Lipinski definition) is 4. The highest BCUT2D eigenvalue weighted by Gasteiger charge is 2.50. The molecule has 0 bridgehead atoms. The molecule has 3 fully saturated rings. The van der Waals surface area contributed by atoms with E-state index in [-0.39, 0.29) is 12.8 Å². The summed E-state index contributed by atoms with van der Waals surface area (Å²) in [5.41, 5.74) is 3.55. The Morgan fingerprint density at radius 1 is 1.19 bits per heavy atom. The Bertz CT molecular complexity index is 708. The Labute approximate surface area is 189 Å². The zero-order valence-corrected chi connectivity index (χ0v) is 20.1. The van der Waals surface area contributed by atoms with E-state index < -0.39 is 11.9 Å². The number of aliphatic hydroxyl groups excluding tert-OH is 1. The van der Waals surface area contributed by atoms with E-state index in [9.17, 15) is 10.2 Å². The van der Waals surface area contributed by atoms with Crippen molar-refractivity contribution < 1.29 is 20.4 Å². The largest absolute Gasteiger partial charge is 0.387 e. The minimum atomic E-state index is -1.95. The zero-order chi connectivity index (χ0) is 22.8. The van der Waals surface area contributed by atoms with Gasteiger partial charge in [0.15, 0.2) is 0 Å². The summed E-state index contributed by atoms with van der Waals surface area (Å²) < 4.78 is 0. The average molecular weight is 433 g/mol. The molecular weight excluding hydrogens is 388 g/mol. The first-order valence-corrected chi connectivity index (χ1v) is 12.4. The smallest absolute Gasteiger partial charge is 0.229 e. The van der Waals surface area contributed by atoms with E-state index in [1.807, 2.05) is 6.08 Å². The number of hydrogen-bond donors (Lipinski definition) is 3. The fourth-order valence-electron chi connectivity index (χ4n) is 6.78. The van der Waals surface area contributed by atoms with Gasteiger partial charge in [0.2, 0.25) is 5.79 Å². The van der Waals surface area contributed by atoms with Crippen LogP contribution in [0.1, 0.15) is 91.9 Å².